The number of nitrogens with zero attached hydrogens (tertiary/aromatic N) is 1. The summed E-state index contributed by atoms with van der Waals surface area (Å²) in [5, 5.41) is 10.0. The molecule has 2 aromatic carbocycles. The van der Waals surface area contributed by atoms with Crippen molar-refractivity contribution in [2.75, 3.05) is 0 Å². The van der Waals surface area contributed by atoms with Crippen LogP contribution in [0.15, 0.2) is 48.5 Å². The molecule has 1 atom stereocenters. The van der Waals surface area contributed by atoms with Crippen LogP contribution in [0.3, 0.4) is 0 Å². The summed E-state index contributed by atoms with van der Waals surface area (Å²) < 4.78 is 0. The zero-order valence-electron chi connectivity index (χ0n) is 18.6. The monoisotopic (exact) mass is 387 g/mol. The summed E-state index contributed by atoms with van der Waals surface area (Å²) in [4.78, 5) is 0. The first kappa shape index (κ1) is 21.6. The van der Waals surface area contributed by atoms with Crippen molar-refractivity contribution in [3.8, 4) is 17.2 Å². The summed E-state index contributed by atoms with van der Waals surface area (Å²) in [5.74, 6) is 1.61. The zero-order chi connectivity index (χ0) is 20.7. The Labute approximate surface area is 178 Å². The first-order chi connectivity index (χ1) is 14.1. The zero-order valence-corrected chi connectivity index (χ0v) is 18.6. The van der Waals surface area contributed by atoms with Gasteiger partial charge in [0.2, 0.25) is 0 Å². The van der Waals surface area contributed by atoms with E-state index in [-0.39, 0.29) is 5.41 Å². The first-order valence-corrected chi connectivity index (χ1v) is 11.7. The van der Waals surface area contributed by atoms with E-state index in [9.17, 15) is 5.26 Å². The topological polar surface area (TPSA) is 23.8 Å². The van der Waals surface area contributed by atoms with E-state index in [1.54, 1.807) is 0 Å². The maximum atomic E-state index is 10.0. The Hall–Kier alpha value is -2.07. The number of benzene rings is 2. The van der Waals surface area contributed by atoms with E-state index in [1.165, 1.54) is 67.2 Å². The highest BCUT2D eigenvalue weighted by Gasteiger charge is 2.37. The number of unbranched alkanes of at least 4 members (excludes halogenated alkanes) is 1. The summed E-state index contributed by atoms with van der Waals surface area (Å²) >= 11 is 0. The molecule has 0 aromatic heterocycles. The molecule has 1 fully saturated rings. The molecule has 1 nitrogen and oxygen atoms in total. The maximum Gasteiger partial charge on any atom is 0.0822 e. The average molecular weight is 388 g/mol. The Bertz CT molecular complexity index is 786. The molecule has 0 spiro atoms. The Kier molecular flexibility index (Phi) is 7.54. The molecule has 0 saturated heterocycles. The van der Waals surface area contributed by atoms with Crippen molar-refractivity contribution in [1.82, 2.24) is 0 Å². The van der Waals surface area contributed by atoms with Gasteiger partial charge in [0.25, 0.3) is 0 Å². The van der Waals surface area contributed by atoms with Crippen LogP contribution in [0.5, 0.6) is 0 Å². The molecule has 1 unspecified atom stereocenters. The van der Waals surface area contributed by atoms with E-state index < -0.39 is 0 Å². The van der Waals surface area contributed by atoms with Crippen LogP contribution in [0.25, 0.3) is 11.1 Å². The molecule has 1 aliphatic rings. The average Bonchev–Trinajstić information content (AvgIpc) is 2.79. The van der Waals surface area contributed by atoms with Gasteiger partial charge in [-0.25, -0.2) is 0 Å². The molecule has 0 bridgehead atoms. The van der Waals surface area contributed by atoms with Gasteiger partial charge in [0.1, 0.15) is 0 Å². The number of aryl methyl sites for hydroxylation is 1. The Balaban J connectivity index is 1.68. The van der Waals surface area contributed by atoms with Crippen molar-refractivity contribution in [3.05, 3.63) is 59.7 Å². The molecule has 0 N–H and O–H groups in total. The smallest absolute Gasteiger partial charge is 0.0822 e. The van der Waals surface area contributed by atoms with Crippen molar-refractivity contribution >= 4 is 0 Å². The lowest BCUT2D eigenvalue weighted by Gasteiger charge is -2.36. The van der Waals surface area contributed by atoms with Gasteiger partial charge in [-0.3, -0.25) is 0 Å². The molecular formula is C28H37N. The highest BCUT2D eigenvalue weighted by Crippen LogP contribution is 2.43. The van der Waals surface area contributed by atoms with E-state index >= 15 is 0 Å². The van der Waals surface area contributed by atoms with E-state index in [4.69, 9.17) is 0 Å². The molecule has 3 rings (SSSR count). The molecule has 0 amide bonds. The highest BCUT2D eigenvalue weighted by atomic mass is 14.4. The molecule has 1 aliphatic carbocycles. The van der Waals surface area contributed by atoms with E-state index in [0.29, 0.717) is 0 Å². The van der Waals surface area contributed by atoms with Gasteiger partial charge in [-0.15, -0.1) is 0 Å². The van der Waals surface area contributed by atoms with E-state index in [0.717, 1.165) is 24.7 Å². The van der Waals surface area contributed by atoms with E-state index in [1.807, 2.05) is 0 Å². The summed E-state index contributed by atoms with van der Waals surface area (Å²) in [6.07, 6.45) is 10.7. The minimum atomic E-state index is -0.283. The minimum absolute atomic E-state index is 0.283. The van der Waals surface area contributed by atoms with Gasteiger partial charge in [-0.2, -0.15) is 5.26 Å². The molecular weight excluding hydrogens is 350 g/mol. The van der Waals surface area contributed by atoms with Crippen LogP contribution in [0.4, 0.5) is 0 Å². The molecule has 0 heterocycles. The van der Waals surface area contributed by atoms with Gasteiger partial charge in [0, 0.05) is 0 Å². The second kappa shape index (κ2) is 10.1. The number of rotatable bonds is 8. The Morgan fingerprint density at radius 2 is 1.55 bits per heavy atom. The standard InChI is InChI=1S/C28H37N/c1-4-6-7-23-8-10-25(11-9-23)26-12-14-27(15-13-26)28(21-29)18-16-24(17-19-28)20-22(3)5-2/h8-15,22,24H,4-7,16-20H2,1-3H3. The summed E-state index contributed by atoms with van der Waals surface area (Å²) in [6.45, 7) is 6.89. The maximum absolute atomic E-state index is 10.0. The lowest BCUT2D eigenvalue weighted by molar-refractivity contribution is 0.241. The molecule has 29 heavy (non-hydrogen) atoms. The van der Waals surface area contributed by atoms with Crippen LogP contribution in [-0.4, -0.2) is 0 Å². The summed E-state index contributed by atoms with van der Waals surface area (Å²) in [7, 11) is 0. The second-order valence-electron chi connectivity index (χ2n) is 9.26. The van der Waals surface area contributed by atoms with Gasteiger partial charge >= 0.3 is 0 Å². The highest BCUT2D eigenvalue weighted by molar-refractivity contribution is 5.64. The molecule has 1 saturated carbocycles. The van der Waals surface area contributed by atoms with Crippen LogP contribution in [0, 0.1) is 23.2 Å². The Morgan fingerprint density at radius 3 is 2.07 bits per heavy atom. The third kappa shape index (κ3) is 5.30. The van der Waals surface area contributed by atoms with Gasteiger partial charge in [-0.1, -0.05) is 82.1 Å². The minimum Gasteiger partial charge on any atom is -0.197 e. The second-order valence-corrected chi connectivity index (χ2v) is 9.26. The van der Waals surface area contributed by atoms with Crippen LogP contribution >= 0.6 is 0 Å². The predicted molar refractivity (Wildman–Crippen MR) is 124 cm³/mol. The lowest BCUT2D eigenvalue weighted by Crippen LogP contribution is -2.30. The largest absolute Gasteiger partial charge is 0.197 e. The Morgan fingerprint density at radius 1 is 0.966 bits per heavy atom. The fourth-order valence-electron chi connectivity index (χ4n) is 4.83. The van der Waals surface area contributed by atoms with Gasteiger partial charge < -0.3 is 0 Å². The SMILES string of the molecule is CCCCc1ccc(-c2ccc(C3(C#N)CCC(CC(C)CC)CC3)cc2)cc1. The molecule has 0 aliphatic heterocycles. The molecule has 0 radical (unpaired) electrons. The van der Waals surface area contributed by atoms with Crippen LogP contribution < -0.4 is 0 Å². The third-order valence-corrected chi connectivity index (χ3v) is 7.15. The van der Waals surface area contributed by atoms with Crippen molar-refractivity contribution in [2.45, 2.75) is 84.0 Å². The summed E-state index contributed by atoms with van der Waals surface area (Å²) in [5.41, 5.74) is 4.86. The van der Waals surface area contributed by atoms with E-state index in [2.05, 4.69) is 75.4 Å². The molecule has 154 valence electrons. The van der Waals surface area contributed by atoms with Crippen molar-refractivity contribution < 1.29 is 0 Å². The number of nitriles is 1. The predicted octanol–water partition coefficient (Wildman–Crippen LogP) is 8.08. The van der Waals surface area contributed by atoms with Crippen molar-refractivity contribution in [2.24, 2.45) is 11.8 Å². The van der Waals surface area contributed by atoms with Gasteiger partial charge in [0.15, 0.2) is 0 Å². The fraction of sp³-hybridized carbons (Fsp3) is 0.536. The summed E-state index contributed by atoms with van der Waals surface area (Å²) in [6, 6.07) is 20.5. The third-order valence-electron chi connectivity index (χ3n) is 7.15. The number of hydrogen-bond acceptors (Lipinski definition) is 1. The van der Waals surface area contributed by atoms with Gasteiger partial charge in [-0.05, 0) is 79.0 Å². The fourth-order valence-corrected chi connectivity index (χ4v) is 4.83. The number of hydrogen-bond donors (Lipinski definition) is 0. The quantitative estimate of drug-likeness (QED) is 0.449. The van der Waals surface area contributed by atoms with Crippen molar-refractivity contribution in [3.63, 3.8) is 0 Å². The first-order valence-electron chi connectivity index (χ1n) is 11.7. The van der Waals surface area contributed by atoms with Crippen molar-refractivity contribution in [1.29, 1.82) is 5.26 Å². The van der Waals surface area contributed by atoms with Crippen LogP contribution in [0.2, 0.25) is 0 Å². The molecule has 2 aromatic rings. The van der Waals surface area contributed by atoms with Gasteiger partial charge in [0.05, 0.1) is 11.5 Å². The lowest BCUT2D eigenvalue weighted by atomic mass is 9.66. The normalized spacial score (nSPS) is 22.8. The van der Waals surface area contributed by atoms with Crippen LogP contribution in [-0.2, 0) is 11.8 Å². The van der Waals surface area contributed by atoms with Crippen LogP contribution in [0.1, 0.15) is 83.3 Å². The molecule has 1 heteroatoms.